The standard InChI is InChI=1S/C16H25NO/c1-12(2)13-4-6-14(7-5-13)16(18)10-8-15(17-3)9-11-16/h4-7,12,15,17-18H,8-11H2,1-3H3. The maximum Gasteiger partial charge on any atom is 0.0897 e. The summed E-state index contributed by atoms with van der Waals surface area (Å²) in [6.45, 7) is 4.39. The predicted octanol–water partition coefficient (Wildman–Crippen LogP) is 3.16. The molecule has 0 bridgehead atoms. The summed E-state index contributed by atoms with van der Waals surface area (Å²) < 4.78 is 0. The van der Waals surface area contributed by atoms with Crippen LogP contribution in [0.3, 0.4) is 0 Å². The zero-order valence-corrected chi connectivity index (χ0v) is 11.7. The smallest absolute Gasteiger partial charge is 0.0897 e. The van der Waals surface area contributed by atoms with Crippen LogP contribution in [0, 0.1) is 0 Å². The largest absolute Gasteiger partial charge is 0.385 e. The molecule has 18 heavy (non-hydrogen) atoms. The van der Waals surface area contributed by atoms with Crippen molar-refractivity contribution >= 4 is 0 Å². The van der Waals surface area contributed by atoms with Crippen LogP contribution in [0.15, 0.2) is 24.3 Å². The Hall–Kier alpha value is -0.860. The van der Waals surface area contributed by atoms with Gasteiger partial charge in [0.1, 0.15) is 0 Å². The third-order valence-corrected chi connectivity index (χ3v) is 4.34. The van der Waals surface area contributed by atoms with Gasteiger partial charge in [0.2, 0.25) is 0 Å². The number of rotatable bonds is 3. The maximum absolute atomic E-state index is 10.8. The molecule has 0 heterocycles. The fourth-order valence-corrected chi connectivity index (χ4v) is 2.85. The summed E-state index contributed by atoms with van der Waals surface area (Å²) >= 11 is 0. The lowest BCUT2D eigenvalue weighted by molar-refractivity contribution is -0.00764. The van der Waals surface area contributed by atoms with Crippen LogP contribution in [0.1, 0.15) is 56.6 Å². The van der Waals surface area contributed by atoms with Gasteiger partial charge in [-0.1, -0.05) is 38.1 Å². The summed E-state index contributed by atoms with van der Waals surface area (Å²) in [4.78, 5) is 0. The molecule has 0 aromatic heterocycles. The number of nitrogens with one attached hydrogen (secondary N) is 1. The molecular formula is C16H25NO. The van der Waals surface area contributed by atoms with Gasteiger partial charge in [-0.25, -0.2) is 0 Å². The Kier molecular flexibility index (Phi) is 4.08. The number of hydrogen-bond acceptors (Lipinski definition) is 2. The summed E-state index contributed by atoms with van der Waals surface area (Å²) in [5.41, 5.74) is 1.82. The van der Waals surface area contributed by atoms with Gasteiger partial charge in [-0.05, 0) is 49.8 Å². The van der Waals surface area contributed by atoms with Crippen molar-refractivity contribution in [2.24, 2.45) is 0 Å². The summed E-state index contributed by atoms with van der Waals surface area (Å²) in [6, 6.07) is 9.09. The fourth-order valence-electron chi connectivity index (χ4n) is 2.85. The van der Waals surface area contributed by atoms with Crippen molar-refractivity contribution < 1.29 is 5.11 Å². The van der Waals surface area contributed by atoms with Crippen LogP contribution < -0.4 is 5.32 Å². The molecule has 1 saturated carbocycles. The van der Waals surface area contributed by atoms with Crippen LogP contribution in [0.4, 0.5) is 0 Å². The van der Waals surface area contributed by atoms with E-state index in [2.05, 4.69) is 43.4 Å². The first-order chi connectivity index (χ1) is 8.55. The van der Waals surface area contributed by atoms with Crippen LogP contribution in [-0.4, -0.2) is 18.2 Å². The van der Waals surface area contributed by atoms with Crippen molar-refractivity contribution in [2.45, 2.75) is 57.1 Å². The molecule has 1 aromatic carbocycles. The van der Waals surface area contributed by atoms with Gasteiger partial charge in [-0.15, -0.1) is 0 Å². The number of hydrogen-bond donors (Lipinski definition) is 2. The Morgan fingerprint density at radius 2 is 1.72 bits per heavy atom. The van der Waals surface area contributed by atoms with E-state index in [1.807, 2.05) is 7.05 Å². The van der Waals surface area contributed by atoms with Crippen molar-refractivity contribution in [3.63, 3.8) is 0 Å². The van der Waals surface area contributed by atoms with Crippen molar-refractivity contribution in [1.82, 2.24) is 5.32 Å². The van der Waals surface area contributed by atoms with Gasteiger partial charge in [0, 0.05) is 6.04 Å². The Morgan fingerprint density at radius 3 is 2.17 bits per heavy atom. The second kappa shape index (κ2) is 5.41. The van der Waals surface area contributed by atoms with Gasteiger partial charge in [0.05, 0.1) is 5.60 Å². The molecule has 0 aliphatic heterocycles. The number of benzene rings is 1. The van der Waals surface area contributed by atoms with E-state index in [0.29, 0.717) is 12.0 Å². The average Bonchev–Trinajstić information content (AvgIpc) is 2.40. The third-order valence-electron chi connectivity index (χ3n) is 4.34. The molecule has 100 valence electrons. The van der Waals surface area contributed by atoms with Crippen molar-refractivity contribution in [3.05, 3.63) is 35.4 Å². The summed E-state index contributed by atoms with van der Waals surface area (Å²) in [5, 5.41) is 14.1. The SMILES string of the molecule is CNC1CCC(O)(c2ccc(C(C)C)cc2)CC1. The lowest BCUT2D eigenvalue weighted by Gasteiger charge is -2.36. The molecule has 0 radical (unpaired) electrons. The maximum atomic E-state index is 10.8. The van der Waals surface area contributed by atoms with Crippen molar-refractivity contribution in [1.29, 1.82) is 0 Å². The van der Waals surface area contributed by atoms with E-state index in [0.717, 1.165) is 31.2 Å². The van der Waals surface area contributed by atoms with E-state index in [1.54, 1.807) is 0 Å². The quantitative estimate of drug-likeness (QED) is 0.860. The van der Waals surface area contributed by atoms with Gasteiger partial charge in [-0.3, -0.25) is 0 Å². The highest BCUT2D eigenvalue weighted by Gasteiger charge is 2.34. The lowest BCUT2D eigenvalue weighted by atomic mass is 9.77. The van der Waals surface area contributed by atoms with Gasteiger partial charge >= 0.3 is 0 Å². The predicted molar refractivity (Wildman–Crippen MR) is 75.7 cm³/mol. The zero-order chi connectivity index (χ0) is 13.2. The van der Waals surface area contributed by atoms with Crippen LogP contribution in [0.25, 0.3) is 0 Å². The summed E-state index contributed by atoms with van der Waals surface area (Å²) in [5.74, 6) is 0.550. The van der Waals surface area contributed by atoms with Crippen LogP contribution in [0.5, 0.6) is 0 Å². The zero-order valence-electron chi connectivity index (χ0n) is 11.7. The molecule has 1 aliphatic carbocycles. The first kappa shape index (κ1) is 13.6. The Balaban J connectivity index is 2.11. The molecule has 1 aromatic rings. The van der Waals surface area contributed by atoms with E-state index >= 15 is 0 Å². The van der Waals surface area contributed by atoms with Crippen LogP contribution in [0.2, 0.25) is 0 Å². The summed E-state index contributed by atoms with van der Waals surface area (Å²) in [7, 11) is 2.01. The van der Waals surface area contributed by atoms with E-state index in [4.69, 9.17) is 0 Å². The topological polar surface area (TPSA) is 32.3 Å². The van der Waals surface area contributed by atoms with Gasteiger partial charge in [-0.2, -0.15) is 0 Å². The molecule has 2 heteroatoms. The van der Waals surface area contributed by atoms with Crippen molar-refractivity contribution in [2.75, 3.05) is 7.05 Å². The second-order valence-corrected chi connectivity index (χ2v) is 5.87. The van der Waals surface area contributed by atoms with E-state index in [9.17, 15) is 5.11 Å². The first-order valence-corrected chi connectivity index (χ1v) is 7.05. The third kappa shape index (κ3) is 2.76. The monoisotopic (exact) mass is 247 g/mol. The van der Waals surface area contributed by atoms with Crippen LogP contribution >= 0.6 is 0 Å². The molecule has 2 N–H and O–H groups in total. The highest BCUT2D eigenvalue weighted by atomic mass is 16.3. The Labute approximate surface area is 110 Å². The molecule has 0 amide bonds. The minimum atomic E-state index is -0.608. The molecule has 0 spiro atoms. The molecule has 0 saturated heterocycles. The van der Waals surface area contributed by atoms with Crippen molar-refractivity contribution in [3.8, 4) is 0 Å². The molecule has 1 fully saturated rings. The van der Waals surface area contributed by atoms with E-state index < -0.39 is 5.60 Å². The fraction of sp³-hybridized carbons (Fsp3) is 0.625. The average molecular weight is 247 g/mol. The minimum absolute atomic E-state index is 0.550. The normalized spacial score (nSPS) is 28.6. The molecule has 0 unspecified atom stereocenters. The van der Waals surface area contributed by atoms with Gasteiger partial charge < -0.3 is 10.4 Å². The van der Waals surface area contributed by atoms with Gasteiger partial charge in [0.15, 0.2) is 0 Å². The molecular weight excluding hydrogens is 222 g/mol. The highest BCUT2D eigenvalue weighted by molar-refractivity contribution is 5.29. The summed E-state index contributed by atoms with van der Waals surface area (Å²) in [6.07, 6.45) is 3.83. The molecule has 2 nitrogen and oxygen atoms in total. The number of aliphatic hydroxyl groups is 1. The molecule has 0 atom stereocenters. The first-order valence-electron chi connectivity index (χ1n) is 7.05. The lowest BCUT2D eigenvalue weighted by Crippen LogP contribution is -2.38. The Morgan fingerprint density at radius 1 is 1.17 bits per heavy atom. The Bertz CT molecular complexity index is 375. The van der Waals surface area contributed by atoms with E-state index in [-0.39, 0.29) is 0 Å². The van der Waals surface area contributed by atoms with Gasteiger partial charge in [0.25, 0.3) is 0 Å². The van der Waals surface area contributed by atoms with Crippen LogP contribution in [-0.2, 0) is 5.60 Å². The minimum Gasteiger partial charge on any atom is -0.385 e. The molecule has 2 rings (SSSR count). The molecule has 1 aliphatic rings. The highest BCUT2D eigenvalue weighted by Crippen LogP contribution is 2.37. The van der Waals surface area contributed by atoms with E-state index in [1.165, 1.54) is 5.56 Å². The second-order valence-electron chi connectivity index (χ2n) is 5.87.